The van der Waals surface area contributed by atoms with Crippen LogP contribution in [-0.4, -0.2) is 21.6 Å². The summed E-state index contributed by atoms with van der Waals surface area (Å²) in [6.07, 6.45) is 0.487. The number of halogens is 1. The first-order valence-electron chi connectivity index (χ1n) is 9.96. The fourth-order valence-electron chi connectivity index (χ4n) is 3.70. The van der Waals surface area contributed by atoms with E-state index in [-0.39, 0.29) is 5.91 Å². The average Bonchev–Trinajstić information content (AvgIpc) is 3.23. The molecule has 5 aromatic rings. The number of nitrogens with zero attached hydrogens (tertiary/aromatic N) is 2. The van der Waals surface area contributed by atoms with Crippen LogP contribution in [-0.2, 0) is 6.42 Å². The molecule has 1 aromatic heterocycles. The van der Waals surface area contributed by atoms with Crippen LogP contribution in [0.1, 0.15) is 21.7 Å². The number of fused-ring (bicyclic) bond motifs is 2. The number of benzene rings is 4. The van der Waals surface area contributed by atoms with Gasteiger partial charge in [-0.15, -0.1) is 0 Å². The van der Waals surface area contributed by atoms with Gasteiger partial charge in [0.25, 0.3) is 5.91 Å². The van der Waals surface area contributed by atoms with Crippen LogP contribution in [0.5, 0.6) is 0 Å². The lowest BCUT2D eigenvalue weighted by Crippen LogP contribution is -2.11. The number of para-hydroxylation sites is 2. The van der Waals surface area contributed by atoms with E-state index in [0.717, 1.165) is 31.8 Å². The molecule has 31 heavy (non-hydrogen) atoms. The van der Waals surface area contributed by atoms with Gasteiger partial charge in [0.1, 0.15) is 0 Å². The van der Waals surface area contributed by atoms with Crippen LogP contribution >= 0.6 is 15.9 Å². The molecule has 5 heteroatoms. The van der Waals surface area contributed by atoms with Gasteiger partial charge in [0.15, 0.2) is 5.82 Å². The van der Waals surface area contributed by atoms with Crippen molar-refractivity contribution in [2.45, 2.75) is 6.42 Å². The zero-order chi connectivity index (χ0) is 21.2. The van der Waals surface area contributed by atoms with Crippen LogP contribution in [0.25, 0.3) is 21.8 Å². The van der Waals surface area contributed by atoms with Crippen molar-refractivity contribution in [3.63, 3.8) is 0 Å². The van der Waals surface area contributed by atoms with Crippen molar-refractivity contribution >= 4 is 49.4 Å². The molecule has 0 aliphatic rings. The van der Waals surface area contributed by atoms with Crippen molar-refractivity contribution in [3.05, 3.63) is 112 Å². The predicted octanol–water partition coefficient (Wildman–Crippen LogP) is 6.35. The molecule has 150 valence electrons. The molecular weight excluding hydrogens is 450 g/mol. The summed E-state index contributed by atoms with van der Waals surface area (Å²) in [5, 5.41) is 2.30. The molecule has 0 spiro atoms. The van der Waals surface area contributed by atoms with Gasteiger partial charge >= 0.3 is 0 Å². The molecule has 0 unspecified atom stereocenters. The van der Waals surface area contributed by atoms with Gasteiger partial charge in [0, 0.05) is 16.5 Å². The second-order valence-corrected chi connectivity index (χ2v) is 8.21. The molecule has 4 aromatic carbocycles. The Morgan fingerprint density at radius 1 is 0.903 bits per heavy atom. The van der Waals surface area contributed by atoms with E-state index in [1.54, 1.807) is 12.1 Å². The number of carbonyl (C=O) groups excluding carboxylic acids is 1. The average molecular weight is 468 g/mol. The molecule has 0 aliphatic carbocycles. The molecule has 0 bridgehead atoms. The maximum absolute atomic E-state index is 13.0. The van der Waals surface area contributed by atoms with Crippen LogP contribution in [0, 0.1) is 0 Å². The number of rotatable bonds is 4. The van der Waals surface area contributed by atoms with E-state index in [9.17, 15) is 4.79 Å². The van der Waals surface area contributed by atoms with E-state index in [0.29, 0.717) is 23.5 Å². The first-order chi connectivity index (χ1) is 15.2. The van der Waals surface area contributed by atoms with Crippen LogP contribution in [0.15, 0.2) is 100 Å². The maximum atomic E-state index is 13.0. The van der Waals surface area contributed by atoms with Gasteiger partial charge in [-0.05, 0) is 46.7 Å². The molecule has 0 radical (unpaired) electrons. The predicted molar refractivity (Wildman–Crippen MR) is 129 cm³/mol. The van der Waals surface area contributed by atoms with E-state index >= 15 is 0 Å². The zero-order valence-corrected chi connectivity index (χ0v) is 18.1. The number of carbonyl (C=O) groups is 1. The third-order valence-electron chi connectivity index (χ3n) is 5.21. The smallest absolute Gasteiger partial charge is 0.277 e. The fraction of sp³-hybridized carbons (Fsp3) is 0.0385. The Hall–Kier alpha value is -3.57. The number of nitrogens with one attached hydrogen (secondary N) is 1. The number of hydrogen-bond acceptors (Lipinski definition) is 2. The lowest BCUT2D eigenvalue weighted by Gasteiger charge is -2.08. The van der Waals surface area contributed by atoms with Gasteiger partial charge in [-0.2, -0.15) is 0 Å². The molecule has 0 saturated carbocycles. The Bertz CT molecular complexity index is 1410. The Morgan fingerprint density at radius 3 is 2.55 bits per heavy atom. The van der Waals surface area contributed by atoms with Crippen molar-refractivity contribution in [1.29, 1.82) is 0 Å². The summed E-state index contributed by atoms with van der Waals surface area (Å²) in [5.41, 5.74) is 3.99. The Labute approximate surface area is 187 Å². The molecule has 1 N–H and O–H groups in total. The highest BCUT2D eigenvalue weighted by Crippen LogP contribution is 2.22. The van der Waals surface area contributed by atoms with Crippen molar-refractivity contribution in [2.75, 3.05) is 0 Å². The molecule has 1 heterocycles. The summed E-state index contributed by atoms with van der Waals surface area (Å²) in [6, 6.07) is 29.5. The van der Waals surface area contributed by atoms with Gasteiger partial charge in [-0.25, -0.2) is 9.98 Å². The van der Waals surface area contributed by atoms with E-state index in [2.05, 4.69) is 50.2 Å². The topological polar surface area (TPSA) is 58.1 Å². The minimum atomic E-state index is -0.294. The van der Waals surface area contributed by atoms with Crippen molar-refractivity contribution in [3.8, 4) is 0 Å². The molecule has 4 nitrogen and oxygen atoms in total. The first-order valence-corrected chi connectivity index (χ1v) is 10.8. The maximum Gasteiger partial charge on any atom is 0.277 e. The lowest BCUT2D eigenvalue weighted by atomic mass is 10.00. The van der Waals surface area contributed by atoms with Crippen molar-refractivity contribution in [1.82, 2.24) is 9.97 Å². The van der Waals surface area contributed by atoms with Gasteiger partial charge in [0.05, 0.1) is 16.7 Å². The molecule has 0 atom stereocenters. The van der Waals surface area contributed by atoms with Crippen LogP contribution in [0.4, 0.5) is 0 Å². The molecular formula is C26H18BrN3O. The third-order valence-corrected chi connectivity index (χ3v) is 5.70. The number of aromatic nitrogens is 2. The first kappa shape index (κ1) is 19.4. The minimum absolute atomic E-state index is 0.294. The van der Waals surface area contributed by atoms with Gasteiger partial charge in [-0.1, -0.05) is 76.6 Å². The Morgan fingerprint density at radius 2 is 1.68 bits per heavy atom. The number of imidazole rings is 1. The second kappa shape index (κ2) is 8.28. The monoisotopic (exact) mass is 467 g/mol. The third kappa shape index (κ3) is 4.05. The fourth-order valence-corrected chi connectivity index (χ4v) is 4.10. The van der Waals surface area contributed by atoms with E-state index in [4.69, 9.17) is 4.98 Å². The van der Waals surface area contributed by atoms with Crippen molar-refractivity contribution < 1.29 is 4.79 Å². The summed E-state index contributed by atoms with van der Waals surface area (Å²) in [5.74, 6) is 0.314. The lowest BCUT2D eigenvalue weighted by molar-refractivity contribution is 0.100. The second-order valence-electron chi connectivity index (χ2n) is 7.29. The normalized spacial score (nSPS) is 11.8. The van der Waals surface area contributed by atoms with E-state index < -0.39 is 0 Å². The standard InChI is InChI=1S/C26H18BrN3O/c27-20-11-6-10-19(15-20)26(31)30-24(25-28-22-13-3-4-14-23(22)29-25)16-18-9-5-8-17-7-1-2-12-21(17)18/h1-15H,16H2,(H,28,29). The summed E-state index contributed by atoms with van der Waals surface area (Å²) < 4.78 is 0.841. The molecule has 1 amide bonds. The molecule has 5 rings (SSSR count). The van der Waals surface area contributed by atoms with Crippen LogP contribution in [0.3, 0.4) is 0 Å². The SMILES string of the molecule is O=C(N=C(Cc1cccc2ccccc12)c1nc2ccccc2[nH]1)c1cccc(Br)c1. The highest BCUT2D eigenvalue weighted by Gasteiger charge is 2.15. The summed E-state index contributed by atoms with van der Waals surface area (Å²) in [7, 11) is 0. The largest absolute Gasteiger partial charge is 0.337 e. The van der Waals surface area contributed by atoms with E-state index in [1.165, 1.54) is 0 Å². The van der Waals surface area contributed by atoms with Gasteiger partial charge in [0.2, 0.25) is 0 Å². The summed E-state index contributed by atoms with van der Waals surface area (Å²) in [6.45, 7) is 0. The number of amides is 1. The highest BCUT2D eigenvalue weighted by atomic mass is 79.9. The summed E-state index contributed by atoms with van der Waals surface area (Å²) in [4.78, 5) is 25.6. The number of hydrogen-bond donors (Lipinski definition) is 1. The quantitative estimate of drug-likeness (QED) is 0.313. The zero-order valence-electron chi connectivity index (χ0n) is 16.5. The Balaban J connectivity index is 1.62. The highest BCUT2D eigenvalue weighted by molar-refractivity contribution is 9.10. The van der Waals surface area contributed by atoms with Crippen LogP contribution in [0.2, 0.25) is 0 Å². The minimum Gasteiger partial charge on any atom is -0.337 e. The summed E-state index contributed by atoms with van der Waals surface area (Å²) >= 11 is 3.43. The van der Waals surface area contributed by atoms with Gasteiger partial charge < -0.3 is 4.98 Å². The van der Waals surface area contributed by atoms with Crippen LogP contribution < -0.4 is 0 Å². The number of aliphatic imine (C=N–C) groups is 1. The Kier molecular flexibility index (Phi) is 5.18. The molecule has 0 saturated heterocycles. The van der Waals surface area contributed by atoms with Gasteiger partial charge in [-0.3, -0.25) is 4.79 Å². The molecule has 0 aliphatic heterocycles. The molecule has 0 fully saturated rings. The van der Waals surface area contributed by atoms with Crippen molar-refractivity contribution in [2.24, 2.45) is 4.99 Å². The van der Waals surface area contributed by atoms with E-state index in [1.807, 2.05) is 54.6 Å². The number of H-pyrrole nitrogens is 1. The number of aromatic amines is 1.